The van der Waals surface area contributed by atoms with Crippen LogP contribution in [0, 0.1) is 12.3 Å². The van der Waals surface area contributed by atoms with Gasteiger partial charge in [0.15, 0.2) is 0 Å². The highest BCUT2D eigenvalue weighted by Gasteiger charge is 2.21. The topological polar surface area (TPSA) is 32.3 Å². The Bertz CT molecular complexity index is 498. The molecule has 0 heterocycles. The zero-order valence-electron chi connectivity index (χ0n) is 12.1. The molecule has 0 aliphatic heterocycles. The second-order valence-electron chi connectivity index (χ2n) is 5.38. The minimum atomic E-state index is 0.142. The fourth-order valence-electron chi connectivity index (χ4n) is 2.69. The second kappa shape index (κ2) is 7.00. The lowest BCUT2D eigenvalue weighted by Crippen LogP contribution is -2.41. The molecular weight excluding hydrogens is 248 g/mol. The van der Waals surface area contributed by atoms with Crippen molar-refractivity contribution in [1.29, 1.82) is 0 Å². The van der Waals surface area contributed by atoms with Crippen molar-refractivity contribution in [3.63, 3.8) is 0 Å². The number of carbonyl (C=O) groups is 1. The van der Waals surface area contributed by atoms with E-state index in [4.69, 9.17) is 6.42 Å². The van der Waals surface area contributed by atoms with Gasteiger partial charge in [-0.15, -0.1) is 6.42 Å². The molecule has 1 amide bonds. The smallest absolute Gasteiger partial charge is 0.241 e. The molecule has 3 nitrogen and oxygen atoms in total. The van der Waals surface area contributed by atoms with Crippen LogP contribution in [-0.2, 0) is 4.79 Å². The summed E-state index contributed by atoms with van der Waals surface area (Å²) in [4.78, 5) is 14.1. The fourth-order valence-corrected chi connectivity index (χ4v) is 2.69. The second-order valence-corrected chi connectivity index (χ2v) is 5.38. The lowest BCUT2D eigenvalue weighted by atomic mass is 9.94. The molecule has 1 aliphatic rings. The molecule has 0 radical (unpaired) electrons. The minimum Gasteiger partial charge on any atom is -0.376 e. The van der Waals surface area contributed by atoms with Crippen LogP contribution in [0.5, 0.6) is 0 Å². The Labute approximate surface area is 121 Å². The largest absolute Gasteiger partial charge is 0.376 e. The summed E-state index contributed by atoms with van der Waals surface area (Å²) in [6, 6.07) is 7.99. The van der Waals surface area contributed by atoms with E-state index in [0.717, 1.165) is 24.1 Å². The summed E-state index contributed by atoms with van der Waals surface area (Å²) in [5, 5.41) is 3.15. The van der Waals surface area contributed by atoms with Crippen LogP contribution in [0.25, 0.3) is 0 Å². The zero-order chi connectivity index (χ0) is 14.4. The summed E-state index contributed by atoms with van der Waals surface area (Å²) in [6.07, 6.45) is 11.4. The van der Waals surface area contributed by atoms with Crippen LogP contribution in [0.15, 0.2) is 24.3 Å². The van der Waals surface area contributed by atoms with E-state index in [1.165, 1.54) is 19.3 Å². The van der Waals surface area contributed by atoms with Gasteiger partial charge < -0.3 is 10.2 Å². The highest BCUT2D eigenvalue weighted by Crippen LogP contribution is 2.21. The summed E-state index contributed by atoms with van der Waals surface area (Å²) in [5.41, 5.74) is 1.72. The van der Waals surface area contributed by atoms with Gasteiger partial charge in [0.2, 0.25) is 5.91 Å². The summed E-state index contributed by atoms with van der Waals surface area (Å²) in [6.45, 7) is 0.320. The summed E-state index contributed by atoms with van der Waals surface area (Å²) in [7, 11) is 1.91. The maximum Gasteiger partial charge on any atom is 0.241 e. The molecular formula is C17H22N2O. The van der Waals surface area contributed by atoms with E-state index in [1.807, 2.05) is 36.2 Å². The Balaban J connectivity index is 1.86. The highest BCUT2D eigenvalue weighted by atomic mass is 16.2. The van der Waals surface area contributed by atoms with Gasteiger partial charge in [-0.05, 0) is 31.0 Å². The molecule has 1 fully saturated rings. The molecule has 2 rings (SSSR count). The molecule has 0 aromatic heterocycles. The molecule has 0 unspecified atom stereocenters. The van der Waals surface area contributed by atoms with E-state index in [-0.39, 0.29) is 5.91 Å². The third-order valence-corrected chi connectivity index (χ3v) is 3.99. The van der Waals surface area contributed by atoms with Crippen molar-refractivity contribution in [1.82, 2.24) is 4.90 Å². The zero-order valence-corrected chi connectivity index (χ0v) is 12.1. The van der Waals surface area contributed by atoms with Crippen molar-refractivity contribution < 1.29 is 4.79 Å². The van der Waals surface area contributed by atoms with Crippen LogP contribution < -0.4 is 5.32 Å². The van der Waals surface area contributed by atoms with Crippen LogP contribution >= 0.6 is 0 Å². The van der Waals surface area contributed by atoms with E-state index in [2.05, 4.69) is 11.2 Å². The van der Waals surface area contributed by atoms with Gasteiger partial charge >= 0.3 is 0 Å². The number of anilines is 1. The minimum absolute atomic E-state index is 0.142. The Kier molecular flexibility index (Phi) is 5.06. The van der Waals surface area contributed by atoms with Gasteiger partial charge in [-0.2, -0.15) is 0 Å². The molecule has 3 heteroatoms. The number of hydrogen-bond acceptors (Lipinski definition) is 2. The Morgan fingerprint density at radius 2 is 2.15 bits per heavy atom. The number of terminal acetylenes is 1. The van der Waals surface area contributed by atoms with E-state index < -0.39 is 0 Å². The van der Waals surface area contributed by atoms with E-state index in [1.54, 1.807) is 0 Å². The Morgan fingerprint density at radius 3 is 2.85 bits per heavy atom. The van der Waals surface area contributed by atoms with Crippen molar-refractivity contribution in [2.24, 2.45) is 0 Å². The van der Waals surface area contributed by atoms with Crippen molar-refractivity contribution in [3.8, 4) is 12.3 Å². The summed E-state index contributed by atoms with van der Waals surface area (Å²) < 4.78 is 0. The number of carbonyl (C=O) groups excluding carboxylic acids is 1. The van der Waals surface area contributed by atoms with Gasteiger partial charge in [-0.1, -0.05) is 31.2 Å². The average Bonchev–Trinajstić information content (AvgIpc) is 2.53. The van der Waals surface area contributed by atoms with Crippen molar-refractivity contribution >= 4 is 11.6 Å². The van der Waals surface area contributed by atoms with Gasteiger partial charge in [0, 0.05) is 24.3 Å². The number of amides is 1. The van der Waals surface area contributed by atoms with Gasteiger partial charge in [0.1, 0.15) is 0 Å². The van der Waals surface area contributed by atoms with Crippen LogP contribution in [0.3, 0.4) is 0 Å². The number of nitrogens with one attached hydrogen (secondary N) is 1. The number of likely N-dealkylation sites (N-methyl/N-ethyl adjacent to an activating group) is 1. The molecule has 1 N–H and O–H groups in total. The summed E-state index contributed by atoms with van der Waals surface area (Å²) in [5.74, 6) is 2.74. The molecule has 20 heavy (non-hydrogen) atoms. The highest BCUT2D eigenvalue weighted by molar-refractivity contribution is 5.81. The first-order valence-electron chi connectivity index (χ1n) is 7.27. The maximum absolute atomic E-state index is 12.2. The first-order chi connectivity index (χ1) is 9.70. The van der Waals surface area contributed by atoms with Crippen LogP contribution in [0.4, 0.5) is 5.69 Å². The van der Waals surface area contributed by atoms with Gasteiger partial charge in [0.25, 0.3) is 0 Å². The van der Waals surface area contributed by atoms with E-state index in [9.17, 15) is 4.79 Å². The molecule has 1 aliphatic carbocycles. The molecule has 0 bridgehead atoms. The fraction of sp³-hybridized carbons (Fsp3) is 0.471. The Morgan fingerprint density at radius 1 is 1.40 bits per heavy atom. The van der Waals surface area contributed by atoms with E-state index in [0.29, 0.717) is 12.6 Å². The van der Waals surface area contributed by atoms with Crippen LogP contribution in [0.2, 0.25) is 0 Å². The van der Waals surface area contributed by atoms with Crippen molar-refractivity contribution in [2.45, 2.75) is 38.1 Å². The molecule has 1 saturated carbocycles. The van der Waals surface area contributed by atoms with Gasteiger partial charge in [-0.25, -0.2) is 0 Å². The van der Waals surface area contributed by atoms with E-state index >= 15 is 0 Å². The maximum atomic E-state index is 12.2. The molecule has 0 atom stereocenters. The standard InChI is InChI=1S/C17H22N2O/c1-3-14-8-7-9-15(12-14)18-13-17(20)19(2)16-10-5-4-6-11-16/h1,7-9,12,16,18H,4-6,10-11,13H2,2H3. The molecule has 106 valence electrons. The molecule has 0 saturated heterocycles. The lowest BCUT2D eigenvalue weighted by Gasteiger charge is -2.31. The quantitative estimate of drug-likeness (QED) is 0.853. The van der Waals surface area contributed by atoms with Gasteiger partial charge in [0.05, 0.1) is 6.54 Å². The van der Waals surface area contributed by atoms with Crippen LogP contribution in [-0.4, -0.2) is 30.4 Å². The average molecular weight is 270 g/mol. The number of nitrogens with zero attached hydrogens (tertiary/aromatic N) is 1. The Hall–Kier alpha value is -1.95. The molecule has 1 aromatic rings. The third-order valence-electron chi connectivity index (χ3n) is 3.99. The number of hydrogen-bond donors (Lipinski definition) is 1. The first kappa shape index (κ1) is 14.5. The molecule has 1 aromatic carbocycles. The lowest BCUT2D eigenvalue weighted by molar-refractivity contribution is -0.130. The number of benzene rings is 1. The monoisotopic (exact) mass is 270 g/mol. The predicted octanol–water partition coefficient (Wildman–Crippen LogP) is 2.87. The van der Waals surface area contributed by atoms with Crippen molar-refractivity contribution in [2.75, 3.05) is 18.9 Å². The van der Waals surface area contributed by atoms with Crippen LogP contribution in [0.1, 0.15) is 37.7 Å². The summed E-state index contributed by atoms with van der Waals surface area (Å²) >= 11 is 0. The first-order valence-corrected chi connectivity index (χ1v) is 7.27. The normalized spacial score (nSPS) is 15.4. The number of rotatable bonds is 4. The van der Waals surface area contributed by atoms with Gasteiger partial charge in [-0.3, -0.25) is 4.79 Å². The molecule has 0 spiro atoms. The third kappa shape index (κ3) is 3.77. The predicted molar refractivity (Wildman–Crippen MR) is 82.5 cm³/mol. The SMILES string of the molecule is C#Cc1cccc(NCC(=O)N(C)C2CCCCC2)c1. The van der Waals surface area contributed by atoms with Crippen molar-refractivity contribution in [3.05, 3.63) is 29.8 Å².